The molecule has 0 aromatic heterocycles. The molecule has 2 aromatic rings. The van der Waals surface area contributed by atoms with Gasteiger partial charge in [0, 0.05) is 38.4 Å². The van der Waals surface area contributed by atoms with Gasteiger partial charge in [0.1, 0.15) is 17.9 Å². The van der Waals surface area contributed by atoms with Crippen LogP contribution in [-0.2, 0) is 30.0 Å². The second-order valence-electron chi connectivity index (χ2n) is 11.3. The van der Waals surface area contributed by atoms with E-state index < -0.39 is 28.7 Å². The van der Waals surface area contributed by atoms with Gasteiger partial charge in [-0.15, -0.1) is 0 Å². The highest BCUT2D eigenvalue weighted by Gasteiger charge is 2.50. The van der Waals surface area contributed by atoms with Crippen molar-refractivity contribution in [1.82, 2.24) is 9.80 Å². The maximum Gasteiger partial charge on any atom is 0.417 e. The van der Waals surface area contributed by atoms with E-state index in [4.69, 9.17) is 36.4 Å². The first-order valence-electron chi connectivity index (χ1n) is 15.1. The number of piperazine rings is 1. The van der Waals surface area contributed by atoms with Crippen molar-refractivity contribution in [3.05, 3.63) is 53.6 Å². The molecule has 11 nitrogen and oxygen atoms in total. The highest BCUT2D eigenvalue weighted by molar-refractivity contribution is 7.81. The average Bonchev–Trinajstić information content (AvgIpc) is 3.23. The van der Waals surface area contributed by atoms with Crippen LogP contribution in [0.2, 0.25) is 0 Å². The van der Waals surface area contributed by atoms with E-state index in [1.165, 1.54) is 6.07 Å². The van der Waals surface area contributed by atoms with Crippen molar-refractivity contribution in [2.45, 2.75) is 25.6 Å². The summed E-state index contributed by atoms with van der Waals surface area (Å²) in [5.74, 6) is 0.0562. The van der Waals surface area contributed by atoms with Crippen LogP contribution in [0.4, 0.5) is 24.5 Å². The number of nitrogens with zero attached hydrogens (tertiary/aromatic N) is 5. The molecule has 15 heteroatoms. The van der Waals surface area contributed by atoms with Crippen molar-refractivity contribution < 1.29 is 41.7 Å². The van der Waals surface area contributed by atoms with Gasteiger partial charge in [0.05, 0.1) is 62.5 Å². The molecule has 0 saturated carbocycles. The highest BCUT2D eigenvalue weighted by Crippen LogP contribution is 2.39. The molecule has 2 aliphatic rings. The quantitative estimate of drug-likeness (QED) is 0.148. The minimum Gasteiger partial charge on any atom is -0.491 e. The third-order valence-corrected chi connectivity index (χ3v) is 8.16. The smallest absolute Gasteiger partial charge is 0.417 e. The molecule has 0 radical (unpaired) electrons. The Labute approximate surface area is 277 Å². The summed E-state index contributed by atoms with van der Waals surface area (Å²) in [6.45, 7) is 10.4. The second kappa shape index (κ2) is 16.3. The average molecular weight is 678 g/mol. The van der Waals surface area contributed by atoms with Crippen LogP contribution in [0.25, 0.3) is 0 Å². The third-order valence-electron chi connectivity index (χ3n) is 7.80. The molecule has 0 spiro atoms. The Morgan fingerprint density at radius 2 is 1.47 bits per heavy atom. The minimum atomic E-state index is -4.78. The lowest BCUT2D eigenvalue weighted by Crippen LogP contribution is -2.46. The van der Waals surface area contributed by atoms with Crippen LogP contribution in [-0.4, -0.2) is 112 Å². The maximum atomic E-state index is 13.6. The summed E-state index contributed by atoms with van der Waals surface area (Å²) < 4.78 is 63.2. The van der Waals surface area contributed by atoms with Crippen LogP contribution < -0.4 is 14.5 Å². The summed E-state index contributed by atoms with van der Waals surface area (Å²) >= 11 is 5.58. The summed E-state index contributed by atoms with van der Waals surface area (Å²) in [5, 5.41) is 9.14. The number of carbonyl (C=O) groups is 2. The molecule has 47 heavy (non-hydrogen) atoms. The molecule has 2 saturated heterocycles. The van der Waals surface area contributed by atoms with Crippen molar-refractivity contribution in [3.8, 4) is 11.8 Å². The van der Waals surface area contributed by atoms with E-state index in [2.05, 4.69) is 4.90 Å². The van der Waals surface area contributed by atoms with E-state index in [0.717, 1.165) is 56.2 Å². The lowest BCUT2D eigenvalue weighted by molar-refractivity contribution is -0.137. The van der Waals surface area contributed by atoms with Gasteiger partial charge in [-0.3, -0.25) is 19.4 Å². The number of thiocarbonyl (C=S) groups is 1. The lowest BCUT2D eigenvalue weighted by Gasteiger charge is -2.32. The Balaban J connectivity index is 1.16. The zero-order chi connectivity index (χ0) is 34.0. The number of amides is 2. The van der Waals surface area contributed by atoms with Gasteiger partial charge < -0.3 is 28.7 Å². The Kier molecular flexibility index (Phi) is 12.5. The number of rotatable bonds is 16. The van der Waals surface area contributed by atoms with Gasteiger partial charge in [-0.2, -0.15) is 18.4 Å². The van der Waals surface area contributed by atoms with E-state index in [9.17, 15) is 22.8 Å². The molecule has 0 N–H and O–H groups in total. The molecule has 0 atom stereocenters. The Bertz CT molecular complexity index is 1430. The molecular weight excluding hydrogens is 639 g/mol. The van der Waals surface area contributed by atoms with E-state index in [1.807, 2.05) is 0 Å². The van der Waals surface area contributed by atoms with Gasteiger partial charge in [0.2, 0.25) is 6.41 Å². The van der Waals surface area contributed by atoms with Crippen LogP contribution in [0.3, 0.4) is 0 Å². The summed E-state index contributed by atoms with van der Waals surface area (Å²) in [6, 6.07) is 11.5. The van der Waals surface area contributed by atoms with Crippen molar-refractivity contribution >= 4 is 41.0 Å². The van der Waals surface area contributed by atoms with Crippen LogP contribution in [0, 0.1) is 11.3 Å². The van der Waals surface area contributed by atoms with Gasteiger partial charge in [0.15, 0.2) is 5.11 Å². The predicted molar refractivity (Wildman–Crippen MR) is 171 cm³/mol. The molecule has 0 aliphatic carbocycles. The van der Waals surface area contributed by atoms with E-state index in [-0.39, 0.29) is 10.8 Å². The van der Waals surface area contributed by atoms with Gasteiger partial charge in [-0.05, 0) is 68.5 Å². The Morgan fingerprint density at radius 3 is 2.04 bits per heavy atom. The zero-order valence-corrected chi connectivity index (χ0v) is 27.1. The van der Waals surface area contributed by atoms with Crippen LogP contribution in [0.5, 0.6) is 5.75 Å². The molecule has 254 valence electrons. The number of hydrogen-bond acceptors (Lipinski definition) is 9. The van der Waals surface area contributed by atoms with Gasteiger partial charge >= 0.3 is 6.18 Å². The number of ether oxygens (including phenoxy) is 4. The molecule has 2 aliphatic heterocycles. The zero-order valence-electron chi connectivity index (χ0n) is 26.3. The van der Waals surface area contributed by atoms with Crippen LogP contribution >= 0.6 is 12.2 Å². The molecular formula is C32H38F3N5O6S. The maximum absolute atomic E-state index is 13.6. The number of carbonyl (C=O) groups excluding carboxylic acids is 2. The van der Waals surface area contributed by atoms with Gasteiger partial charge in [-0.25, -0.2) is 0 Å². The fourth-order valence-electron chi connectivity index (χ4n) is 5.20. The first-order valence-corrected chi connectivity index (χ1v) is 15.6. The monoisotopic (exact) mass is 677 g/mol. The number of halogens is 3. The molecule has 2 aromatic carbocycles. The number of alkyl halides is 3. The summed E-state index contributed by atoms with van der Waals surface area (Å²) in [5.41, 5.74) is -2.38. The molecule has 0 bridgehead atoms. The second-order valence-corrected chi connectivity index (χ2v) is 11.7. The molecule has 0 unspecified atom stereocenters. The van der Waals surface area contributed by atoms with Crippen molar-refractivity contribution in [3.63, 3.8) is 0 Å². The number of hydrogen-bond donors (Lipinski definition) is 0. The minimum absolute atomic E-state index is 0.0133. The van der Waals surface area contributed by atoms with Crippen molar-refractivity contribution in [2.75, 3.05) is 88.8 Å². The van der Waals surface area contributed by atoms with Crippen molar-refractivity contribution in [2.24, 2.45) is 0 Å². The van der Waals surface area contributed by atoms with Crippen LogP contribution in [0.15, 0.2) is 42.5 Å². The third kappa shape index (κ3) is 9.17. The summed E-state index contributed by atoms with van der Waals surface area (Å²) in [4.78, 5) is 30.8. The molecule has 2 heterocycles. The summed E-state index contributed by atoms with van der Waals surface area (Å²) in [7, 11) is 0. The van der Waals surface area contributed by atoms with E-state index >= 15 is 0 Å². The SMILES string of the molecule is CC1(C)C(=O)N(c2ccc(C#N)c(C(F)(F)F)c2)C(=S)N1c1ccc(OCCOCCOCCOCCN2CCN(C=O)CC2)cc1. The van der Waals surface area contributed by atoms with Crippen LogP contribution in [0.1, 0.15) is 25.0 Å². The highest BCUT2D eigenvalue weighted by atomic mass is 32.1. The van der Waals surface area contributed by atoms with E-state index in [0.29, 0.717) is 57.7 Å². The Morgan fingerprint density at radius 1 is 0.894 bits per heavy atom. The van der Waals surface area contributed by atoms with Gasteiger partial charge in [0.25, 0.3) is 5.91 Å². The van der Waals surface area contributed by atoms with E-state index in [1.54, 1.807) is 54.0 Å². The largest absolute Gasteiger partial charge is 0.491 e. The molecule has 4 rings (SSSR count). The predicted octanol–water partition coefficient (Wildman–Crippen LogP) is 3.70. The van der Waals surface area contributed by atoms with Gasteiger partial charge in [-0.1, -0.05) is 0 Å². The molecule has 2 fully saturated rings. The lowest BCUT2D eigenvalue weighted by atomic mass is 10.0. The first-order chi connectivity index (χ1) is 22.5. The Hall–Kier alpha value is -3.81. The standard InChI is InChI=1S/C32H38F3N5O6S/c1-31(2)29(42)39(26-4-3-24(22-36)28(21-26)32(33,34)35)30(47)40(31)25-5-7-27(8-6-25)46-20-19-45-18-17-44-16-15-43-14-13-37-9-11-38(23-41)12-10-37/h3-8,21,23H,9-20H2,1-2H3. The number of anilines is 2. The number of nitriles is 1. The fraction of sp³-hybridized carbons (Fsp3) is 0.500. The fourth-order valence-corrected chi connectivity index (χ4v) is 5.72. The summed E-state index contributed by atoms with van der Waals surface area (Å²) in [6.07, 6.45) is -3.89. The number of benzene rings is 2. The van der Waals surface area contributed by atoms with Crippen molar-refractivity contribution in [1.29, 1.82) is 5.26 Å². The topological polar surface area (TPSA) is 108 Å². The normalized spacial score (nSPS) is 16.9. The first kappa shape index (κ1) is 36.0. The molecule has 2 amide bonds.